The fraction of sp³-hybridized carbons (Fsp3) is 0.358. The minimum absolute atomic E-state index is 0.0146. The molecule has 5 heterocycles. The molecule has 4 aromatic carbocycles. The van der Waals surface area contributed by atoms with E-state index in [2.05, 4.69) is 41.8 Å². The van der Waals surface area contributed by atoms with Gasteiger partial charge in [0.1, 0.15) is 17.5 Å². The summed E-state index contributed by atoms with van der Waals surface area (Å²) in [6.45, 7) is 3.93. The number of ether oxygens (including phenoxy) is 1. The number of urea groups is 1. The van der Waals surface area contributed by atoms with E-state index in [1.807, 2.05) is 55.6 Å². The van der Waals surface area contributed by atoms with Crippen molar-refractivity contribution in [2.75, 3.05) is 79.9 Å². The Morgan fingerprint density at radius 1 is 0.808 bits per heavy atom. The summed E-state index contributed by atoms with van der Waals surface area (Å²) in [7, 11) is 2.02. The number of nitrogens with one attached hydrogen (secondary N) is 4. The van der Waals surface area contributed by atoms with E-state index in [4.69, 9.17) is 10.5 Å². The van der Waals surface area contributed by atoms with Crippen molar-refractivity contribution < 1.29 is 43.1 Å². The number of nitrogens with zero attached hydrogens (tertiary/aromatic N) is 5. The second-order valence-corrected chi connectivity index (χ2v) is 19.4. The van der Waals surface area contributed by atoms with Crippen LogP contribution in [0.5, 0.6) is 5.75 Å². The van der Waals surface area contributed by atoms with Crippen molar-refractivity contribution in [3.8, 4) is 5.75 Å². The first-order valence-corrected chi connectivity index (χ1v) is 25.7. The fourth-order valence-corrected chi connectivity index (χ4v) is 10.6. The van der Waals surface area contributed by atoms with Gasteiger partial charge in [0, 0.05) is 121 Å². The number of hydrogen-bond donors (Lipinski definition) is 5. The number of amides is 9. The number of benzene rings is 4. The van der Waals surface area contributed by atoms with Crippen LogP contribution >= 0.6 is 15.9 Å². The Hall–Kier alpha value is -7.58. The number of fused-ring (bicyclic) bond motifs is 6. The SMILES string of the molecule is CN1CCN(C(=O)Oc2cc3c(c4ccccc24)[C@H](CBr)CN3C(=O)c2cc3c4c(ccc3[nH]2)N(C(=O)c2ccc(NC(=O)[C@H](CCCNC(N)=O)NC(=O)CCCCCN3C(=O)C=CC3=O)cc2)CC4)CC1. The van der Waals surface area contributed by atoms with Crippen molar-refractivity contribution in [3.63, 3.8) is 0 Å². The van der Waals surface area contributed by atoms with Gasteiger partial charge in [-0.15, -0.1) is 0 Å². The number of carbonyl (C=O) groups is 8. The van der Waals surface area contributed by atoms with Crippen LogP contribution in [-0.2, 0) is 25.6 Å². The Morgan fingerprint density at radius 2 is 1.55 bits per heavy atom. The number of imide groups is 1. The van der Waals surface area contributed by atoms with Crippen LogP contribution in [0.1, 0.15) is 76.4 Å². The molecule has 4 aliphatic heterocycles. The molecule has 9 rings (SSSR count). The van der Waals surface area contributed by atoms with Gasteiger partial charge in [0.25, 0.3) is 23.6 Å². The molecule has 20 heteroatoms. The van der Waals surface area contributed by atoms with E-state index in [1.165, 1.54) is 12.2 Å². The average Bonchev–Trinajstić information content (AvgIpc) is 4.19. The molecule has 19 nitrogen and oxygen atoms in total. The number of hydrogen-bond acceptors (Lipinski definition) is 10. The lowest BCUT2D eigenvalue weighted by Crippen LogP contribution is -2.48. The van der Waals surface area contributed by atoms with Gasteiger partial charge in [-0.05, 0) is 98.1 Å². The third kappa shape index (κ3) is 10.9. The molecule has 6 N–H and O–H groups in total. The summed E-state index contributed by atoms with van der Waals surface area (Å²) < 4.78 is 6.10. The number of piperazine rings is 1. The van der Waals surface area contributed by atoms with Crippen LogP contribution in [0.3, 0.4) is 0 Å². The minimum atomic E-state index is -0.939. The molecule has 1 saturated heterocycles. The Bertz CT molecular complexity index is 3020. The fourth-order valence-electron chi connectivity index (χ4n) is 10.1. The second-order valence-electron chi connectivity index (χ2n) is 18.8. The molecule has 0 radical (unpaired) electrons. The van der Waals surface area contributed by atoms with Crippen LogP contribution < -0.4 is 36.2 Å². The molecule has 9 amide bonds. The lowest BCUT2D eigenvalue weighted by atomic mass is 9.95. The molecule has 1 aromatic heterocycles. The minimum Gasteiger partial charge on any atom is -0.409 e. The largest absolute Gasteiger partial charge is 0.415 e. The molecule has 0 spiro atoms. The summed E-state index contributed by atoms with van der Waals surface area (Å²) in [5.74, 6) is -1.62. The van der Waals surface area contributed by atoms with Crippen molar-refractivity contribution in [2.24, 2.45) is 5.73 Å². The highest BCUT2D eigenvalue weighted by Crippen LogP contribution is 2.47. The number of unbranched alkanes of at least 4 members (excludes halogenated alkanes) is 2. The summed E-state index contributed by atoms with van der Waals surface area (Å²) in [5, 5.41) is 11.3. The highest BCUT2D eigenvalue weighted by molar-refractivity contribution is 9.09. The number of primary amides is 1. The van der Waals surface area contributed by atoms with E-state index < -0.39 is 24.1 Å². The summed E-state index contributed by atoms with van der Waals surface area (Å²) in [4.78, 5) is 115. The summed E-state index contributed by atoms with van der Waals surface area (Å²) in [6.07, 6.45) is 4.88. The van der Waals surface area contributed by atoms with Crippen molar-refractivity contribution >= 4 is 102 Å². The zero-order valence-electron chi connectivity index (χ0n) is 40.4. The van der Waals surface area contributed by atoms with Gasteiger partial charge in [0.2, 0.25) is 11.8 Å². The molecule has 0 bridgehead atoms. The van der Waals surface area contributed by atoms with Crippen LogP contribution in [0.4, 0.5) is 26.7 Å². The van der Waals surface area contributed by atoms with Crippen LogP contribution in [0.25, 0.3) is 21.7 Å². The number of rotatable bonds is 17. The van der Waals surface area contributed by atoms with Gasteiger partial charge < -0.3 is 51.0 Å². The quantitative estimate of drug-likeness (QED) is 0.0428. The van der Waals surface area contributed by atoms with Gasteiger partial charge in [-0.3, -0.25) is 33.7 Å². The first-order valence-electron chi connectivity index (χ1n) is 24.6. The van der Waals surface area contributed by atoms with E-state index in [0.29, 0.717) is 92.0 Å². The highest BCUT2D eigenvalue weighted by atomic mass is 79.9. The Kier molecular flexibility index (Phi) is 15.2. The first-order chi connectivity index (χ1) is 35.3. The molecule has 5 aromatic rings. The van der Waals surface area contributed by atoms with Crippen molar-refractivity contribution in [3.05, 3.63) is 107 Å². The van der Waals surface area contributed by atoms with Gasteiger partial charge in [0.05, 0.1) is 5.69 Å². The van der Waals surface area contributed by atoms with E-state index in [9.17, 15) is 38.4 Å². The number of alkyl halides is 1. The number of H-pyrrole nitrogens is 1. The smallest absolute Gasteiger partial charge is 0.409 e. The lowest BCUT2D eigenvalue weighted by Gasteiger charge is -2.31. The first kappa shape index (κ1) is 50.4. The predicted molar refractivity (Wildman–Crippen MR) is 279 cm³/mol. The maximum absolute atomic E-state index is 14.6. The maximum atomic E-state index is 14.6. The molecular weight excluding hydrogens is 1000 g/mol. The normalized spacial score (nSPS) is 16.8. The van der Waals surface area contributed by atoms with Crippen LogP contribution in [-0.4, -0.2) is 138 Å². The number of carbonyl (C=O) groups excluding carboxylic acids is 8. The molecule has 73 heavy (non-hydrogen) atoms. The summed E-state index contributed by atoms with van der Waals surface area (Å²) in [6, 6.07) is 20.1. The van der Waals surface area contributed by atoms with Gasteiger partial charge in [-0.2, -0.15) is 0 Å². The van der Waals surface area contributed by atoms with Gasteiger partial charge in [0.15, 0.2) is 0 Å². The van der Waals surface area contributed by atoms with Crippen molar-refractivity contribution in [1.82, 2.24) is 30.3 Å². The highest BCUT2D eigenvalue weighted by Gasteiger charge is 2.37. The molecule has 0 aliphatic carbocycles. The lowest BCUT2D eigenvalue weighted by molar-refractivity contribution is -0.137. The number of aromatic amines is 1. The Balaban J connectivity index is 0.853. The second kappa shape index (κ2) is 22.0. The molecule has 4 aliphatic rings. The van der Waals surface area contributed by atoms with Crippen LogP contribution in [0, 0.1) is 0 Å². The van der Waals surface area contributed by atoms with Crippen molar-refractivity contribution in [2.45, 2.75) is 56.9 Å². The zero-order valence-corrected chi connectivity index (χ0v) is 42.0. The molecule has 380 valence electrons. The third-order valence-corrected chi connectivity index (χ3v) is 14.7. The number of nitrogens with two attached hydrogens (primary N) is 1. The molecule has 1 fully saturated rings. The number of halogens is 1. The third-order valence-electron chi connectivity index (χ3n) is 14.0. The topological polar surface area (TPSA) is 240 Å². The Labute approximate surface area is 429 Å². The molecule has 2 atom stereocenters. The monoisotopic (exact) mass is 1060 g/mol. The van der Waals surface area contributed by atoms with Crippen LogP contribution in [0.15, 0.2) is 84.9 Å². The number of likely N-dealkylation sites (N-methyl/N-ethyl adjacent to an activating group) is 1. The maximum Gasteiger partial charge on any atom is 0.415 e. The molecule has 0 unspecified atom stereocenters. The van der Waals surface area contributed by atoms with Gasteiger partial charge >= 0.3 is 12.1 Å². The molecular formula is C53H57BrN10O9. The standard InChI is InChI=1S/C53H57BrN10O9/c1-60-24-26-61(27-25-60)53(72)73-44-29-43-48(37-9-5-4-8-36(37)44)33(30-54)31-64(43)51(70)41-28-38-35-20-23-62(42(35)17-16-39(38)58-41)50(69)32-12-14-34(15-13-32)57-49(68)40(10-7-21-56-52(55)71)59-45(65)11-3-2-6-22-63-46(66)18-19-47(63)67/h4-5,8-9,12-19,28-29,33,40,58H,2-3,6-7,10-11,20-27,30-31H2,1H3,(H,57,68)(H,59,65)(H3,55,56,71)/t33-,40+/m1/s1. The van der Waals surface area contributed by atoms with Gasteiger partial charge in [-0.1, -0.05) is 46.6 Å². The number of anilines is 3. The van der Waals surface area contributed by atoms with Gasteiger partial charge in [-0.25, -0.2) is 9.59 Å². The van der Waals surface area contributed by atoms with E-state index in [0.717, 1.165) is 56.5 Å². The average molecular weight is 1060 g/mol. The van der Waals surface area contributed by atoms with Crippen molar-refractivity contribution in [1.29, 1.82) is 0 Å². The van der Waals surface area contributed by atoms with E-state index >= 15 is 0 Å². The predicted octanol–water partition coefficient (Wildman–Crippen LogP) is 5.77. The zero-order chi connectivity index (χ0) is 51.3. The van der Waals surface area contributed by atoms with E-state index in [1.54, 1.807) is 39.0 Å². The number of aromatic nitrogens is 1. The summed E-state index contributed by atoms with van der Waals surface area (Å²) in [5.41, 5.74) is 10.5. The molecule has 0 saturated carbocycles. The summed E-state index contributed by atoms with van der Waals surface area (Å²) >= 11 is 3.70. The van der Waals surface area contributed by atoms with Crippen LogP contribution in [0.2, 0.25) is 0 Å². The Morgan fingerprint density at radius 3 is 2.27 bits per heavy atom. The van der Waals surface area contributed by atoms with E-state index in [-0.39, 0.29) is 61.4 Å².